The van der Waals surface area contributed by atoms with Crippen LogP contribution in [0.5, 0.6) is 0 Å². The molecule has 1 nitrogen and oxygen atoms in total. The average molecular weight is 319 g/mol. The molecule has 0 saturated heterocycles. The summed E-state index contributed by atoms with van der Waals surface area (Å²) in [5, 5.41) is 2.07. The molecule has 0 unspecified atom stereocenters. The third-order valence-electron chi connectivity index (χ3n) is 2.67. The minimum absolute atomic E-state index is 0.0897. The molecular formula is C16H11F2NS2. The minimum Gasteiger partial charge on any atom is -0.205 e. The average Bonchev–Trinajstić information content (AvgIpc) is 2.86. The zero-order valence-electron chi connectivity index (χ0n) is 11.2. The van der Waals surface area contributed by atoms with E-state index in [1.54, 1.807) is 0 Å². The summed E-state index contributed by atoms with van der Waals surface area (Å²) in [5.74, 6) is 3.83. The SMILES string of the molecule is CCCc1ccc(C#Cc2c(F)cc(N=C=S)cc2F)s1. The summed E-state index contributed by atoms with van der Waals surface area (Å²) in [6.07, 6.45) is 2.04. The lowest BCUT2D eigenvalue weighted by Gasteiger charge is -1.98. The summed E-state index contributed by atoms with van der Waals surface area (Å²) in [6, 6.07) is 6.03. The second-order valence-electron chi connectivity index (χ2n) is 4.25. The predicted molar refractivity (Wildman–Crippen MR) is 85.3 cm³/mol. The number of benzene rings is 1. The van der Waals surface area contributed by atoms with Gasteiger partial charge in [-0.25, -0.2) is 8.78 Å². The summed E-state index contributed by atoms with van der Waals surface area (Å²) >= 11 is 5.94. The molecule has 0 fully saturated rings. The molecule has 0 amide bonds. The zero-order chi connectivity index (χ0) is 15.2. The first-order chi connectivity index (χ1) is 10.1. The van der Waals surface area contributed by atoms with Gasteiger partial charge in [-0.05, 0) is 30.8 Å². The van der Waals surface area contributed by atoms with Gasteiger partial charge >= 0.3 is 0 Å². The van der Waals surface area contributed by atoms with Crippen LogP contribution in [0.1, 0.15) is 28.7 Å². The normalized spacial score (nSPS) is 9.67. The second-order valence-corrected chi connectivity index (χ2v) is 5.60. The Hall–Kier alpha value is -1.86. The fourth-order valence-corrected chi connectivity index (χ4v) is 2.81. The van der Waals surface area contributed by atoms with Crippen molar-refractivity contribution in [2.75, 3.05) is 0 Å². The molecule has 106 valence electrons. The summed E-state index contributed by atoms with van der Waals surface area (Å²) < 4.78 is 27.6. The van der Waals surface area contributed by atoms with E-state index in [1.807, 2.05) is 12.1 Å². The Morgan fingerprint density at radius 2 is 1.90 bits per heavy atom. The Morgan fingerprint density at radius 1 is 1.19 bits per heavy atom. The lowest BCUT2D eigenvalue weighted by molar-refractivity contribution is 0.578. The number of hydrogen-bond donors (Lipinski definition) is 0. The Balaban J connectivity index is 2.31. The number of aliphatic imine (C=N–C) groups is 1. The highest BCUT2D eigenvalue weighted by molar-refractivity contribution is 7.78. The lowest BCUT2D eigenvalue weighted by Crippen LogP contribution is -1.89. The van der Waals surface area contributed by atoms with Crippen LogP contribution < -0.4 is 0 Å². The molecule has 2 aromatic rings. The third-order valence-corrected chi connectivity index (χ3v) is 3.82. The lowest BCUT2D eigenvalue weighted by atomic mass is 10.2. The van der Waals surface area contributed by atoms with E-state index in [4.69, 9.17) is 0 Å². The van der Waals surface area contributed by atoms with Gasteiger partial charge in [-0.2, -0.15) is 4.99 Å². The van der Waals surface area contributed by atoms with Crippen molar-refractivity contribution in [3.63, 3.8) is 0 Å². The highest BCUT2D eigenvalue weighted by Crippen LogP contribution is 2.21. The first-order valence-electron chi connectivity index (χ1n) is 6.31. The summed E-state index contributed by atoms with van der Waals surface area (Å²) in [4.78, 5) is 5.56. The van der Waals surface area contributed by atoms with Crippen molar-refractivity contribution < 1.29 is 8.78 Å². The van der Waals surface area contributed by atoms with E-state index in [0.29, 0.717) is 0 Å². The van der Waals surface area contributed by atoms with Crippen LogP contribution in [0.25, 0.3) is 0 Å². The van der Waals surface area contributed by atoms with Crippen LogP contribution in [-0.2, 0) is 6.42 Å². The van der Waals surface area contributed by atoms with Crippen molar-refractivity contribution in [3.8, 4) is 11.8 Å². The number of aryl methyl sites for hydroxylation is 1. The zero-order valence-corrected chi connectivity index (χ0v) is 12.9. The molecule has 0 aliphatic heterocycles. The van der Waals surface area contributed by atoms with Crippen LogP contribution in [0.15, 0.2) is 29.3 Å². The predicted octanol–water partition coefficient (Wildman–Crippen LogP) is 5.11. The first kappa shape index (κ1) is 15.5. The molecule has 21 heavy (non-hydrogen) atoms. The number of hydrogen-bond acceptors (Lipinski definition) is 3. The molecule has 0 radical (unpaired) electrons. The maximum absolute atomic E-state index is 13.8. The molecule has 0 atom stereocenters. The largest absolute Gasteiger partial charge is 0.205 e. The minimum atomic E-state index is -0.753. The van der Waals surface area contributed by atoms with Gasteiger partial charge < -0.3 is 0 Å². The molecule has 0 N–H and O–H groups in total. The second kappa shape index (κ2) is 7.24. The molecular weight excluding hydrogens is 308 g/mol. The van der Waals surface area contributed by atoms with Gasteiger partial charge in [-0.1, -0.05) is 25.2 Å². The Labute approximate surface area is 131 Å². The molecule has 2 rings (SSSR count). The van der Waals surface area contributed by atoms with Gasteiger partial charge in [0.1, 0.15) is 11.6 Å². The topological polar surface area (TPSA) is 12.4 Å². The Kier molecular flexibility index (Phi) is 5.35. The maximum Gasteiger partial charge on any atom is 0.143 e. The van der Waals surface area contributed by atoms with Crippen molar-refractivity contribution in [3.05, 3.63) is 51.2 Å². The number of halogens is 2. The van der Waals surface area contributed by atoms with Gasteiger partial charge in [-0.15, -0.1) is 11.3 Å². The van der Waals surface area contributed by atoms with Gasteiger partial charge in [0.2, 0.25) is 0 Å². The molecule has 5 heteroatoms. The molecule has 0 saturated carbocycles. The van der Waals surface area contributed by atoms with E-state index in [0.717, 1.165) is 29.9 Å². The van der Waals surface area contributed by atoms with E-state index >= 15 is 0 Å². The van der Waals surface area contributed by atoms with Crippen LogP contribution in [0.2, 0.25) is 0 Å². The summed E-state index contributed by atoms with van der Waals surface area (Å²) in [5.41, 5.74) is -0.171. The van der Waals surface area contributed by atoms with Crippen molar-refractivity contribution in [1.82, 2.24) is 0 Å². The maximum atomic E-state index is 13.8. The van der Waals surface area contributed by atoms with Crippen molar-refractivity contribution in [2.45, 2.75) is 19.8 Å². The van der Waals surface area contributed by atoms with Crippen LogP contribution in [-0.4, -0.2) is 5.16 Å². The first-order valence-corrected chi connectivity index (χ1v) is 7.54. The van der Waals surface area contributed by atoms with E-state index in [-0.39, 0.29) is 11.3 Å². The van der Waals surface area contributed by atoms with Gasteiger partial charge in [0.05, 0.1) is 21.3 Å². The highest BCUT2D eigenvalue weighted by Gasteiger charge is 2.08. The van der Waals surface area contributed by atoms with E-state index in [1.165, 1.54) is 16.2 Å². The van der Waals surface area contributed by atoms with Gasteiger partial charge in [0.25, 0.3) is 0 Å². The van der Waals surface area contributed by atoms with Gasteiger partial charge in [0.15, 0.2) is 0 Å². The smallest absolute Gasteiger partial charge is 0.143 e. The Morgan fingerprint density at radius 3 is 2.52 bits per heavy atom. The number of thiocarbonyl (C=S) groups is 1. The number of isothiocyanates is 1. The summed E-state index contributed by atoms with van der Waals surface area (Å²) in [7, 11) is 0. The molecule has 1 aromatic heterocycles. The van der Waals surface area contributed by atoms with E-state index < -0.39 is 11.6 Å². The highest BCUT2D eigenvalue weighted by atomic mass is 32.1. The monoisotopic (exact) mass is 319 g/mol. The number of rotatable bonds is 3. The Bertz CT molecular complexity index is 739. The standard InChI is InChI=1S/C16H11F2NS2/c1-2-3-12-4-5-13(21-12)6-7-14-15(17)8-11(19-10-20)9-16(14)18/h4-5,8-9H,2-3H2,1H3. The van der Waals surface area contributed by atoms with Crippen LogP contribution in [0, 0.1) is 23.5 Å². The fourth-order valence-electron chi connectivity index (χ4n) is 1.75. The summed E-state index contributed by atoms with van der Waals surface area (Å²) in [6.45, 7) is 2.10. The van der Waals surface area contributed by atoms with Crippen LogP contribution in [0.4, 0.5) is 14.5 Å². The van der Waals surface area contributed by atoms with Gasteiger partial charge in [-0.3, -0.25) is 0 Å². The van der Waals surface area contributed by atoms with E-state index in [9.17, 15) is 8.78 Å². The molecule has 0 bridgehead atoms. The van der Waals surface area contributed by atoms with E-state index in [2.05, 4.69) is 41.1 Å². The molecule has 1 aromatic carbocycles. The number of nitrogens with zero attached hydrogens (tertiary/aromatic N) is 1. The van der Waals surface area contributed by atoms with Crippen molar-refractivity contribution >= 4 is 34.4 Å². The number of thiophene rings is 1. The van der Waals surface area contributed by atoms with Crippen LogP contribution in [0.3, 0.4) is 0 Å². The fraction of sp³-hybridized carbons (Fsp3) is 0.188. The van der Waals surface area contributed by atoms with Crippen LogP contribution >= 0.6 is 23.6 Å². The molecule has 0 aliphatic rings. The van der Waals surface area contributed by atoms with Crippen molar-refractivity contribution in [1.29, 1.82) is 0 Å². The quantitative estimate of drug-likeness (QED) is 0.435. The molecule has 1 heterocycles. The van der Waals surface area contributed by atoms with Gasteiger partial charge in [0, 0.05) is 17.0 Å². The van der Waals surface area contributed by atoms with Crippen molar-refractivity contribution in [2.24, 2.45) is 4.99 Å². The molecule has 0 aliphatic carbocycles. The third kappa shape index (κ3) is 4.05. The molecule has 0 spiro atoms.